The van der Waals surface area contributed by atoms with Crippen LogP contribution < -0.4 is 10.6 Å². The molecule has 0 spiro atoms. The summed E-state index contributed by atoms with van der Waals surface area (Å²) in [6, 6.07) is 7.13. The van der Waals surface area contributed by atoms with Gasteiger partial charge in [0, 0.05) is 16.5 Å². The summed E-state index contributed by atoms with van der Waals surface area (Å²) in [5.74, 6) is -0.395. The Morgan fingerprint density at radius 3 is 2.68 bits per heavy atom. The summed E-state index contributed by atoms with van der Waals surface area (Å²) in [5, 5.41) is 14.9. The topological polar surface area (TPSA) is 84.0 Å². The Balaban J connectivity index is 2.12. The number of rotatable bonds is 7. The minimum absolute atomic E-state index is 0.0213. The van der Waals surface area contributed by atoms with Crippen molar-refractivity contribution in [1.29, 1.82) is 0 Å². The maximum Gasteiger partial charge on any atom is 0.249 e. The van der Waals surface area contributed by atoms with Gasteiger partial charge in [0.15, 0.2) is 0 Å². The molecular weight excluding hydrogens is 404 g/mol. The lowest BCUT2D eigenvalue weighted by Crippen LogP contribution is -2.47. The fourth-order valence-electron chi connectivity index (χ4n) is 2.17. The lowest BCUT2D eigenvalue weighted by atomic mass is 9.98. The number of halogens is 1. The fourth-order valence-corrected chi connectivity index (χ4v) is 3.31. The van der Waals surface area contributed by atoms with Crippen molar-refractivity contribution in [3.05, 3.63) is 28.7 Å². The molecule has 2 N–H and O–H groups in total. The van der Waals surface area contributed by atoms with Crippen LogP contribution in [0.2, 0.25) is 0 Å². The van der Waals surface area contributed by atoms with Gasteiger partial charge in [-0.2, -0.15) is 0 Å². The van der Waals surface area contributed by atoms with Gasteiger partial charge in [0.25, 0.3) is 0 Å². The van der Waals surface area contributed by atoms with Crippen molar-refractivity contribution in [3.63, 3.8) is 0 Å². The second-order valence-corrected chi connectivity index (χ2v) is 7.59. The highest BCUT2D eigenvalue weighted by atomic mass is 79.9. The highest BCUT2D eigenvalue weighted by molar-refractivity contribution is 9.10. The number of nitrogens with zero attached hydrogens (tertiary/aromatic N) is 2. The largest absolute Gasteiger partial charge is 0.344 e. The molecule has 2 rings (SSSR count). The zero-order valence-corrected chi connectivity index (χ0v) is 16.8. The SMILES string of the molecule is CCC(=O)NC(C(=O)Nc1nnc(-c2cccc(Br)c2)s1)C(C)CC. The van der Waals surface area contributed by atoms with Gasteiger partial charge in [0.1, 0.15) is 11.0 Å². The highest BCUT2D eigenvalue weighted by Crippen LogP contribution is 2.28. The first kappa shape index (κ1) is 19.5. The molecule has 8 heteroatoms. The van der Waals surface area contributed by atoms with Crippen LogP contribution in [0.3, 0.4) is 0 Å². The molecular formula is C17H21BrN4O2S. The van der Waals surface area contributed by atoms with E-state index >= 15 is 0 Å². The van der Waals surface area contributed by atoms with E-state index in [9.17, 15) is 9.59 Å². The predicted molar refractivity (Wildman–Crippen MR) is 103 cm³/mol. The van der Waals surface area contributed by atoms with E-state index < -0.39 is 6.04 Å². The minimum Gasteiger partial charge on any atom is -0.344 e. The van der Waals surface area contributed by atoms with Gasteiger partial charge in [-0.05, 0) is 18.1 Å². The Hall–Kier alpha value is -1.80. The van der Waals surface area contributed by atoms with Gasteiger partial charge in [-0.15, -0.1) is 10.2 Å². The van der Waals surface area contributed by atoms with E-state index in [1.165, 1.54) is 11.3 Å². The third-order valence-corrected chi connectivity index (χ3v) is 5.24. The highest BCUT2D eigenvalue weighted by Gasteiger charge is 2.26. The maximum atomic E-state index is 12.6. The monoisotopic (exact) mass is 424 g/mol. The Morgan fingerprint density at radius 1 is 1.28 bits per heavy atom. The molecule has 1 aromatic carbocycles. The van der Waals surface area contributed by atoms with Crippen LogP contribution >= 0.6 is 27.3 Å². The van der Waals surface area contributed by atoms with Crippen molar-refractivity contribution in [1.82, 2.24) is 15.5 Å². The van der Waals surface area contributed by atoms with E-state index in [1.807, 2.05) is 38.1 Å². The normalized spacial score (nSPS) is 13.1. The number of carbonyl (C=O) groups excluding carboxylic acids is 2. The fraction of sp³-hybridized carbons (Fsp3) is 0.412. The first-order valence-corrected chi connectivity index (χ1v) is 9.75. The van der Waals surface area contributed by atoms with Crippen LogP contribution in [0, 0.1) is 5.92 Å². The Labute approximate surface area is 159 Å². The van der Waals surface area contributed by atoms with Gasteiger partial charge in [-0.25, -0.2) is 0 Å². The first-order chi connectivity index (χ1) is 11.9. The van der Waals surface area contributed by atoms with Crippen molar-refractivity contribution in [2.75, 3.05) is 5.32 Å². The molecule has 25 heavy (non-hydrogen) atoms. The number of aromatic nitrogens is 2. The van der Waals surface area contributed by atoms with E-state index in [1.54, 1.807) is 6.92 Å². The van der Waals surface area contributed by atoms with E-state index in [0.717, 1.165) is 16.5 Å². The molecule has 1 aromatic heterocycles. The first-order valence-electron chi connectivity index (χ1n) is 8.14. The molecule has 1 heterocycles. The summed E-state index contributed by atoms with van der Waals surface area (Å²) < 4.78 is 0.949. The number of benzene rings is 1. The molecule has 0 bridgehead atoms. The van der Waals surface area contributed by atoms with E-state index in [-0.39, 0.29) is 17.7 Å². The quantitative estimate of drug-likeness (QED) is 0.706. The number of amides is 2. The van der Waals surface area contributed by atoms with Crippen LogP contribution in [-0.2, 0) is 9.59 Å². The molecule has 0 radical (unpaired) electrons. The minimum atomic E-state index is -0.587. The molecule has 0 aliphatic rings. The number of hydrogen-bond acceptors (Lipinski definition) is 5. The zero-order valence-electron chi connectivity index (χ0n) is 14.4. The summed E-state index contributed by atoms with van der Waals surface area (Å²) in [7, 11) is 0. The van der Waals surface area contributed by atoms with Crippen molar-refractivity contribution in [2.45, 2.75) is 39.7 Å². The molecule has 2 amide bonds. The molecule has 0 aliphatic carbocycles. The lowest BCUT2D eigenvalue weighted by molar-refractivity contribution is -0.127. The molecule has 2 atom stereocenters. The van der Waals surface area contributed by atoms with Gasteiger partial charge in [-0.3, -0.25) is 14.9 Å². The van der Waals surface area contributed by atoms with Crippen LogP contribution in [-0.4, -0.2) is 28.1 Å². The summed E-state index contributed by atoms with van der Waals surface area (Å²) >= 11 is 4.72. The molecule has 0 aliphatic heterocycles. The van der Waals surface area contributed by atoms with Crippen LogP contribution in [0.1, 0.15) is 33.6 Å². The molecule has 6 nitrogen and oxygen atoms in total. The molecule has 2 unspecified atom stereocenters. The average Bonchev–Trinajstić information content (AvgIpc) is 3.07. The maximum absolute atomic E-state index is 12.6. The summed E-state index contributed by atoms with van der Waals surface area (Å²) in [6.07, 6.45) is 1.12. The molecule has 0 fully saturated rings. The summed E-state index contributed by atoms with van der Waals surface area (Å²) in [4.78, 5) is 24.3. The van der Waals surface area contributed by atoms with E-state index in [0.29, 0.717) is 16.6 Å². The summed E-state index contributed by atoms with van der Waals surface area (Å²) in [6.45, 7) is 5.68. The molecule has 134 valence electrons. The molecule has 0 saturated heterocycles. The number of nitrogens with one attached hydrogen (secondary N) is 2. The van der Waals surface area contributed by atoms with Gasteiger partial charge in [-0.1, -0.05) is 66.6 Å². The Bertz CT molecular complexity index is 750. The van der Waals surface area contributed by atoms with E-state index in [4.69, 9.17) is 0 Å². The van der Waals surface area contributed by atoms with E-state index in [2.05, 4.69) is 36.8 Å². The number of carbonyl (C=O) groups is 2. The van der Waals surface area contributed by atoms with Crippen molar-refractivity contribution in [3.8, 4) is 10.6 Å². The predicted octanol–water partition coefficient (Wildman–Crippen LogP) is 3.85. The molecule has 0 saturated carbocycles. The second-order valence-electron chi connectivity index (χ2n) is 5.70. The smallest absolute Gasteiger partial charge is 0.249 e. The Kier molecular flexibility index (Phi) is 7.07. The van der Waals surface area contributed by atoms with Crippen molar-refractivity contribution < 1.29 is 9.59 Å². The lowest BCUT2D eigenvalue weighted by Gasteiger charge is -2.22. The van der Waals surface area contributed by atoms with Gasteiger partial charge >= 0.3 is 0 Å². The van der Waals surface area contributed by atoms with Crippen LogP contribution in [0.4, 0.5) is 5.13 Å². The van der Waals surface area contributed by atoms with Gasteiger partial charge in [0.05, 0.1) is 0 Å². The van der Waals surface area contributed by atoms with Crippen molar-refractivity contribution >= 4 is 44.2 Å². The third-order valence-electron chi connectivity index (χ3n) is 3.86. The Morgan fingerprint density at radius 2 is 2.04 bits per heavy atom. The van der Waals surface area contributed by atoms with Crippen molar-refractivity contribution in [2.24, 2.45) is 5.92 Å². The second kappa shape index (κ2) is 9.05. The summed E-state index contributed by atoms with van der Waals surface area (Å²) in [5.41, 5.74) is 0.921. The van der Waals surface area contributed by atoms with Crippen LogP contribution in [0.25, 0.3) is 10.6 Å². The zero-order chi connectivity index (χ0) is 18.4. The number of anilines is 1. The van der Waals surface area contributed by atoms with Crippen LogP contribution in [0.5, 0.6) is 0 Å². The number of hydrogen-bond donors (Lipinski definition) is 2. The average molecular weight is 425 g/mol. The standard InChI is InChI=1S/C17H21BrN4O2S/c1-4-10(3)14(19-13(23)5-2)15(24)20-17-22-21-16(25-17)11-7-6-8-12(18)9-11/h6-10,14H,4-5H2,1-3H3,(H,19,23)(H,20,22,24). The van der Waals surface area contributed by atoms with Gasteiger partial charge in [0.2, 0.25) is 16.9 Å². The molecule has 2 aromatic rings. The van der Waals surface area contributed by atoms with Crippen LogP contribution in [0.15, 0.2) is 28.7 Å². The van der Waals surface area contributed by atoms with Gasteiger partial charge < -0.3 is 5.32 Å². The third kappa shape index (κ3) is 5.34.